The monoisotopic (exact) mass is 818 g/mol. The van der Waals surface area contributed by atoms with Crippen molar-refractivity contribution in [3.63, 3.8) is 0 Å². The average molecular weight is 819 g/mol. The molecule has 2 heterocycles. The lowest BCUT2D eigenvalue weighted by atomic mass is 9.98. The van der Waals surface area contributed by atoms with Crippen molar-refractivity contribution in [1.29, 1.82) is 0 Å². The fourth-order valence-electron chi connectivity index (χ4n) is 10.5. The van der Waals surface area contributed by atoms with E-state index in [1.165, 1.54) is 92.3 Å². The maximum Gasteiger partial charge on any atom is 0.181 e. The number of aromatic nitrogens is 2. The molecule has 2 aromatic heterocycles. The van der Waals surface area contributed by atoms with Crippen molar-refractivity contribution in [3.05, 3.63) is 255 Å². The normalized spacial score (nSPS) is 11.8. The summed E-state index contributed by atoms with van der Waals surface area (Å²) in [7, 11) is -2.96. The van der Waals surface area contributed by atoms with Crippen LogP contribution in [-0.2, 0) is 0 Å². The molecule has 12 aromatic rings. The molecule has 0 aliphatic rings. The SMILES string of the molecule is c1ccc(-c2cccc(-c3ccccc3-n3c4ccccc4c4c(-n5c6ccccc6c6cccc([Si](c7ccccc7)(c7ccccc7)c7ccccc7)c65)cccc43)c2)cc1. The van der Waals surface area contributed by atoms with Gasteiger partial charge in [-0.25, -0.2) is 0 Å². The topological polar surface area (TPSA) is 9.86 Å². The van der Waals surface area contributed by atoms with E-state index in [0.717, 1.165) is 5.69 Å². The molecule has 0 saturated heterocycles. The van der Waals surface area contributed by atoms with E-state index in [2.05, 4.69) is 264 Å². The van der Waals surface area contributed by atoms with Gasteiger partial charge < -0.3 is 9.13 Å². The second-order valence-electron chi connectivity index (χ2n) is 16.4. The van der Waals surface area contributed by atoms with E-state index < -0.39 is 8.07 Å². The van der Waals surface area contributed by atoms with Crippen LogP contribution in [0.5, 0.6) is 0 Å². The Morgan fingerprint density at radius 1 is 0.286 bits per heavy atom. The third kappa shape index (κ3) is 5.78. The third-order valence-electron chi connectivity index (χ3n) is 13.1. The van der Waals surface area contributed by atoms with Gasteiger partial charge in [0, 0.05) is 27.1 Å². The Balaban J connectivity index is 1.19. The summed E-state index contributed by atoms with van der Waals surface area (Å²) in [5.41, 5.74) is 11.9. The molecule has 0 saturated carbocycles. The molecule has 0 fully saturated rings. The predicted molar refractivity (Wildman–Crippen MR) is 270 cm³/mol. The summed E-state index contributed by atoms with van der Waals surface area (Å²) in [6.45, 7) is 0. The highest BCUT2D eigenvalue weighted by Gasteiger charge is 2.43. The molecule has 63 heavy (non-hydrogen) atoms. The van der Waals surface area contributed by atoms with E-state index in [9.17, 15) is 0 Å². The summed E-state index contributed by atoms with van der Waals surface area (Å²) in [5, 5.41) is 10.4. The van der Waals surface area contributed by atoms with Gasteiger partial charge in [0.25, 0.3) is 0 Å². The number of para-hydroxylation sites is 4. The molecule has 3 heteroatoms. The zero-order valence-electron chi connectivity index (χ0n) is 34.6. The van der Waals surface area contributed by atoms with Crippen LogP contribution in [0.15, 0.2) is 255 Å². The van der Waals surface area contributed by atoms with Gasteiger partial charge in [-0.2, -0.15) is 0 Å². The summed E-state index contributed by atoms with van der Waals surface area (Å²) in [4.78, 5) is 0. The lowest BCUT2D eigenvalue weighted by Crippen LogP contribution is -2.75. The second-order valence-corrected chi connectivity index (χ2v) is 20.2. The van der Waals surface area contributed by atoms with Crippen molar-refractivity contribution < 1.29 is 0 Å². The van der Waals surface area contributed by atoms with Crippen molar-refractivity contribution in [2.45, 2.75) is 0 Å². The van der Waals surface area contributed by atoms with Crippen LogP contribution in [-0.4, -0.2) is 17.2 Å². The van der Waals surface area contributed by atoms with Crippen LogP contribution in [0, 0.1) is 0 Å². The van der Waals surface area contributed by atoms with Crippen LogP contribution in [0.1, 0.15) is 0 Å². The molecule has 0 aliphatic carbocycles. The van der Waals surface area contributed by atoms with E-state index in [1.54, 1.807) is 0 Å². The molecule has 0 amide bonds. The molecule has 0 spiro atoms. The first-order valence-electron chi connectivity index (χ1n) is 21.8. The first-order chi connectivity index (χ1) is 31.3. The van der Waals surface area contributed by atoms with Crippen molar-refractivity contribution in [2.75, 3.05) is 0 Å². The molecule has 12 rings (SSSR count). The zero-order chi connectivity index (χ0) is 41.7. The van der Waals surface area contributed by atoms with Gasteiger partial charge in [0.1, 0.15) is 0 Å². The first-order valence-corrected chi connectivity index (χ1v) is 23.8. The molecular weight excluding hydrogens is 777 g/mol. The summed E-state index contributed by atoms with van der Waals surface area (Å²) in [5.74, 6) is 0. The van der Waals surface area contributed by atoms with Crippen LogP contribution in [0.25, 0.3) is 77.2 Å². The molecule has 0 aliphatic heterocycles. The van der Waals surface area contributed by atoms with Crippen molar-refractivity contribution >= 4 is 72.4 Å². The minimum atomic E-state index is -2.96. The minimum Gasteiger partial charge on any atom is -0.309 e. The smallest absolute Gasteiger partial charge is 0.181 e. The van der Waals surface area contributed by atoms with Gasteiger partial charge in [0.15, 0.2) is 8.07 Å². The largest absolute Gasteiger partial charge is 0.309 e. The fraction of sp³-hybridized carbons (Fsp3) is 0. The highest BCUT2D eigenvalue weighted by Crippen LogP contribution is 2.42. The van der Waals surface area contributed by atoms with Gasteiger partial charge in [0.2, 0.25) is 0 Å². The summed E-state index contributed by atoms with van der Waals surface area (Å²) >= 11 is 0. The fourth-order valence-corrected chi connectivity index (χ4v) is 15.4. The van der Waals surface area contributed by atoms with Crippen molar-refractivity contribution in [3.8, 4) is 33.6 Å². The highest BCUT2D eigenvalue weighted by atomic mass is 28.3. The van der Waals surface area contributed by atoms with Gasteiger partial charge in [-0.1, -0.05) is 218 Å². The number of hydrogen-bond acceptors (Lipinski definition) is 0. The second kappa shape index (κ2) is 15.2. The number of nitrogens with zero attached hydrogens (tertiary/aromatic N) is 2. The Bertz CT molecular complexity index is 3510. The van der Waals surface area contributed by atoms with E-state index in [0.29, 0.717) is 0 Å². The van der Waals surface area contributed by atoms with Gasteiger partial charge in [-0.15, -0.1) is 0 Å². The minimum absolute atomic E-state index is 1.15. The molecule has 296 valence electrons. The quantitative estimate of drug-likeness (QED) is 0.107. The van der Waals surface area contributed by atoms with Crippen LogP contribution in [0.4, 0.5) is 0 Å². The molecule has 0 atom stereocenters. The molecule has 2 nitrogen and oxygen atoms in total. The Labute approximate surface area is 368 Å². The Morgan fingerprint density at radius 3 is 1.43 bits per heavy atom. The molecule has 0 unspecified atom stereocenters. The number of hydrogen-bond donors (Lipinski definition) is 0. The Kier molecular flexibility index (Phi) is 8.87. The van der Waals surface area contributed by atoms with Crippen molar-refractivity contribution in [2.24, 2.45) is 0 Å². The van der Waals surface area contributed by atoms with E-state index in [1.807, 2.05) is 0 Å². The van der Waals surface area contributed by atoms with E-state index in [-0.39, 0.29) is 0 Å². The molecule has 0 N–H and O–H groups in total. The molecule has 0 radical (unpaired) electrons. The van der Waals surface area contributed by atoms with Gasteiger partial charge in [0.05, 0.1) is 33.4 Å². The third-order valence-corrected chi connectivity index (χ3v) is 17.9. The lowest BCUT2D eigenvalue weighted by molar-refractivity contribution is 1.17. The summed E-state index contributed by atoms with van der Waals surface area (Å²) in [6.07, 6.45) is 0. The highest BCUT2D eigenvalue weighted by molar-refractivity contribution is 7.20. The maximum absolute atomic E-state index is 2.96. The molecular formula is C60H42N2Si. The number of rotatable bonds is 8. The standard InChI is InChI=1S/C60H42N2Si/c1-5-22-43(23-6-1)44-24-19-25-45(42-44)49-32-13-16-36-53(49)61-55-38-18-15-34-52(55)59-56(61)39-21-40-57(59)62-54-37-17-14-33-50(54)51-35-20-41-58(60(51)62)63(46-26-7-2-8-27-46,47-28-9-3-10-29-47)48-30-11-4-12-31-48/h1-42H. The summed E-state index contributed by atoms with van der Waals surface area (Å²) < 4.78 is 5.09. The van der Waals surface area contributed by atoms with Crippen LogP contribution in [0.3, 0.4) is 0 Å². The van der Waals surface area contributed by atoms with Crippen molar-refractivity contribution in [1.82, 2.24) is 9.13 Å². The lowest BCUT2D eigenvalue weighted by Gasteiger charge is -2.35. The van der Waals surface area contributed by atoms with E-state index in [4.69, 9.17) is 0 Å². The molecule has 0 bridgehead atoms. The first kappa shape index (κ1) is 36.8. The number of fused-ring (bicyclic) bond motifs is 6. The average Bonchev–Trinajstić information content (AvgIpc) is 3.89. The Hall–Kier alpha value is -7.98. The van der Waals surface area contributed by atoms with Crippen LogP contribution in [0.2, 0.25) is 0 Å². The van der Waals surface area contributed by atoms with Gasteiger partial charge in [-0.05, 0) is 73.8 Å². The number of benzene rings is 10. The maximum atomic E-state index is 2.60. The molecule has 10 aromatic carbocycles. The van der Waals surface area contributed by atoms with Gasteiger partial charge in [-0.3, -0.25) is 0 Å². The van der Waals surface area contributed by atoms with Gasteiger partial charge >= 0.3 is 0 Å². The summed E-state index contributed by atoms with van der Waals surface area (Å²) in [6, 6.07) is 94.3. The van der Waals surface area contributed by atoms with Crippen LogP contribution < -0.4 is 20.7 Å². The predicted octanol–water partition coefficient (Wildman–Crippen LogP) is 12.6. The Morgan fingerprint density at radius 2 is 0.746 bits per heavy atom. The van der Waals surface area contributed by atoms with Crippen LogP contribution >= 0.6 is 0 Å². The zero-order valence-corrected chi connectivity index (χ0v) is 35.6. The van der Waals surface area contributed by atoms with E-state index >= 15 is 0 Å².